The van der Waals surface area contributed by atoms with Crippen LogP contribution in [0.5, 0.6) is 0 Å². The smallest absolute Gasteiger partial charge is 0.325 e. The van der Waals surface area contributed by atoms with E-state index in [1.165, 1.54) is 6.92 Å². The molecule has 0 saturated heterocycles. The lowest BCUT2D eigenvalue weighted by Crippen LogP contribution is -2.56. The molecule has 0 heterocycles. The molecule has 0 bridgehead atoms. The first kappa shape index (κ1) is 20.8. The van der Waals surface area contributed by atoms with E-state index in [2.05, 4.69) is 10.6 Å². The molecule has 0 aromatic carbocycles. The Morgan fingerprint density at radius 2 is 1.61 bits per heavy atom. The maximum absolute atomic E-state index is 12.2. The average molecular weight is 331 g/mol. The molecule has 0 aromatic rings. The molecule has 2 amide bonds. The molecule has 0 radical (unpaired) electrons. The number of nitrogens with one attached hydrogen (secondary N) is 2. The Labute approximate surface area is 134 Å². The highest BCUT2D eigenvalue weighted by Crippen LogP contribution is 2.09. The van der Waals surface area contributed by atoms with E-state index in [9.17, 15) is 19.2 Å². The number of carbonyl (C=O) groups is 4. The van der Waals surface area contributed by atoms with Crippen molar-refractivity contribution in [1.82, 2.24) is 10.6 Å². The van der Waals surface area contributed by atoms with Crippen LogP contribution in [0.25, 0.3) is 0 Å². The van der Waals surface area contributed by atoms with Crippen LogP contribution in [-0.4, -0.2) is 52.1 Å². The Morgan fingerprint density at radius 1 is 1.04 bits per heavy atom. The number of carboxylic acid groups (broad SMARTS) is 2. The molecule has 6 N–H and O–H groups in total. The molecule has 0 aliphatic rings. The van der Waals surface area contributed by atoms with Crippen molar-refractivity contribution in [3.05, 3.63) is 0 Å². The number of hydrogen-bond donors (Lipinski definition) is 5. The monoisotopic (exact) mass is 331 g/mol. The Bertz CT molecular complexity index is 454. The van der Waals surface area contributed by atoms with Gasteiger partial charge in [-0.15, -0.1) is 0 Å². The number of hydrogen-bond acceptors (Lipinski definition) is 5. The zero-order valence-electron chi connectivity index (χ0n) is 13.5. The fourth-order valence-corrected chi connectivity index (χ4v) is 1.74. The highest BCUT2D eigenvalue weighted by molar-refractivity contribution is 5.91. The van der Waals surface area contributed by atoms with E-state index in [4.69, 9.17) is 15.9 Å². The minimum absolute atomic E-state index is 0.0540. The molecule has 0 aromatic heterocycles. The summed E-state index contributed by atoms with van der Waals surface area (Å²) in [6, 6.07) is -3.08. The van der Waals surface area contributed by atoms with Crippen LogP contribution in [-0.2, 0) is 19.2 Å². The maximum atomic E-state index is 12.2. The first-order valence-electron chi connectivity index (χ1n) is 7.41. The SMILES string of the molecule is CC[C@H](C)[C@H](NC(=O)[C@@H](N)CCC(=O)O)C(=O)N[C@@H](C)C(=O)O. The third-order valence-corrected chi connectivity index (χ3v) is 3.53. The number of rotatable bonds is 10. The predicted octanol–water partition coefficient (Wildman–Crippen LogP) is -0.701. The summed E-state index contributed by atoms with van der Waals surface area (Å²) in [6.45, 7) is 4.87. The highest BCUT2D eigenvalue weighted by Gasteiger charge is 2.29. The molecule has 0 rings (SSSR count). The molecular weight excluding hydrogens is 306 g/mol. The van der Waals surface area contributed by atoms with Crippen molar-refractivity contribution < 1.29 is 29.4 Å². The van der Waals surface area contributed by atoms with Gasteiger partial charge in [-0.1, -0.05) is 20.3 Å². The largest absolute Gasteiger partial charge is 0.481 e. The summed E-state index contributed by atoms with van der Waals surface area (Å²) in [5, 5.41) is 22.2. The molecular formula is C14H25N3O6. The molecule has 9 heteroatoms. The number of aliphatic carboxylic acids is 2. The maximum Gasteiger partial charge on any atom is 0.325 e. The van der Waals surface area contributed by atoms with Crippen molar-refractivity contribution in [2.75, 3.05) is 0 Å². The van der Waals surface area contributed by atoms with Crippen LogP contribution in [0.1, 0.15) is 40.0 Å². The quantitative estimate of drug-likeness (QED) is 0.354. The topological polar surface area (TPSA) is 159 Å². The van der Waals surface area contributed by atoms with Crippen LogP contribution < -0.4 is 16.4 Å². The Hall–Kier alpha value is -2.16. The van der Waals surface area contributed by atoms with Crippen LogP contribution in [0.3, 0.4) is 0 Å². The van der Waals surface area contributed by atoms with Gasteiger partial charge in [-0.2, -0.15) is 0 Å². The second kappa shape index (κ2) is 9.78. The van der Waals surface area contributed by atoms with E-state index in [1.807, 2.05) is 6.92 Å². The van der Waals surface area contributed by atoms with E-state index < -0.39 is 41.9 Å². The summed E-state index contributed by atoms with van der Waals surface area (Å²) in [5.41, 5.74) is 5.60. The van der Waals surface area contributed by atoms with E-state index in [-0.39, 0.29) is 18.8 Å². The zero-order chi connectivity index (χ0) is 18.2. The molecule has 0 aliphatic heterocycles. The van der Waals surface area contributed by atoms with E-state index in [0.29, 0.717) is 6.42 Å². The Morgan fingerprint density at radius 3 is 2.04 bits per heavy atom. The van der Waals surface area contributed by atoms with Crippen LogP contribution in [0, 0.1) is 5.92 Å². The molecule has 0 spiro atoms. The first-order chi connectivity index (χ1) is 10.6. The van der Waals surface area contributed by atoms with Gasteiger partial charge in [-0.05, 0) is 19.3 Å². The van der Waals surface area contributed by atoms with E-state index >= 15 is 0 Å². The summed E-state index contributed by atoms with van der Waals surface area (Å²) in [7, 11) is 0. The normalized spacial score (nSPS) is 15.8. The number of amides is 2. The third-order valence-electron chi connectivity index (χ3n) is 3.53. The summed E-state index contributed by atoms with van der Waals surface area (Å²) < 4.78 is 0. The lowest BCUT2D eigenvalue weighted by molar-refractivity contribution is -0.142. The van der Waals surface area contributed by atoms with Gasteiger partial charge in [-0.25, -0.2) is 0 Å². The molecule has 0 aliphatic carbocycles. The fraction of sp³-hybridized carbons (Fsp3) is 0.714. The van der Waals surface area contributed by atoms with Gasteiger partial charge >= 0.3 is 11.9 Å². The van der Waals surface area contributed by atoms with Crippen molar-refractivity contribution in [1.29, 1.82) is 0 Å². The van der Waals surface area contributed by atoms with Crippen LogP contribution in [0.15, 0.2) is 0 Å². The lowest BCUT2D eigenvalue weighted by atomic mass is 9.97. The van der Waals surface area contributed by atoms with Crippen LogP contribution >= 0.6 is 0 Å². The van der Waals surface area contributed by atoms with Crippen molar-refractivity contribution >= 4 is 23.8 Å². The molecule has 0 unspecified atom stereocenters. The average Bonchev–Trinajstić information content (AvgIpc) is 2.48. The van der Waals surface area contributed by atoms with E-state index in [1.54, 1.807) is 6.92 Å². The van der Waals surface area contributed by atoms with E-state index in [0.717, 1.165) is 0 Å². The predicted molar refractivity (Wildman–Crippen MR) is 81.5 cm³/mol. The van der Waals surface area contributed by atoms with Crippen molar-refractivity contribution in [3.8, 4) is 0 Å². The number of nitrogens with two attached hydrogens (primary N) is 1. The molecule has 4 atom stereocenters. The van der Waals surface area contributed by atoms with Crippen LogP contribution in [0.4, 0.5) is 0 Å². The summed E-state index contributed by atoms with van der Waals surface area (Å²) >= 11 is 0. The molecule has 9 nitrogen and oxygen atoms in total. The van der Waals surface area contributed by atoms with Gasteiger partial charge in [0.25, 0.3) is 0 Å². The Balaban J connectivity index is 4.84. The standard InChI is InChI=1S/C14H25N3O6/c1-4-7(2)11(13(21)16-8(3)14(22)23)17-12(20)9(15)5-6-10(18)19/h7-9,11H,4-6,15H2,1-3H3,(H,16,21)(H,17,20)(H,18,19)(H,22,23)/t7-,8-,9-,11-/m0/s1. The lowest BCUT2D eigenvalue weighted by Gasteiger charge is -2.25. The van der Waals surface area contributed by atoms with Crippen molar-refractivity contribution in [2.24, 2.45) is 11.7 Å². The van der Waals surface area contributed by atoms with Gasteiger partial charge in [-0.3, -0.25) is 19.2 Å². The van der Waals surface area contributed by atoms with Gasteiger partial charge in [0.2, 0.25) is 11.8 Å². The molecule has 0 fully saturated rings. The minimum Gasteiger partial charge on any atom is -0.481 e. The van der Waals surface area contributed by atoms with Gasteiger partial charge in [0.05, 0.1) is 6.04 Å². The zero-order valence-corrected chi connectivity index (χ0v) is 13.5. The van der Waals surface area contributed by atoms with Gasteiger partial charge in [0.1, 0.15) is 12.1 Å². The van der Waals surface area contributed by atoms with Gasteiger partial charge in [0, 0.05) is 6.42 Å². The van der Waals surface area contributed by atoms with Crippen molar-refractivity contribution in [3.63, 3.8) is 0 Å². The first-order valence-corrected chi connectivity index (χ1v) is 7.41. The molecule has 132 valence electrons. The molecule has 23 heavy (non-hydrogen) atoms. The van der Waals surface area contributed by atoms with Crippen molar-refractivity contribution in [2.45, 2.75) is 58.2 Å². The number of carboxylic acids is 2. The summed E-state index contributed by atoms with van der Waals surface area (Å²) in [5.74, 6) is -3.76. The van der Waals surface area contributed by atoms with Gasteiger partial charge in [0.15, 0.2) is 0 Å². The summed E-state index contributed by atoms with van der Waals surface area (Å²) in [6.07, 6.45) is 0.260. The Kier molecular flexibility index (Phi) is 8.86. The minimum atomic E-state index is -1.19. The molecule has 0 saturated carbocycles. The second-order valence-electron chi connectivity index (χ2n) is 5.48. The summed E-state index contributed by atoms with van der Waals surface area (Å²) in [4.78, 5) is 45.4. The highest BCUT2D eigenvalue weighted by atomic mass is 16.4. The van der Waals surface area contributed by atoms with Crippen LogP contribution in [0.2, 0.25) is 0 Å². The fourth-order valence-electron chi connectivity index (χ4n) is 1.74. The number of carbonyl (C=O) groups excluding carboxylic acids is 2. The van der Waals surface area contributed by atoms with Gasteiger partial charge < -0.3 is 26.6 Å². The second-order valence-corrected chi connectivity index (χ2v) is 5.48. The third kappa shape index (κ3) is 7.59.